The summed E-state index contributed by atoms with van der Waals surface area (Å²) in [5, 5.41) is 20.6. The monoisotopic (exact) mass is 510 g/mol. The Labute approximate surface area is 201 Å². The predicted octanol–water partition coefficient (Wildman–Crippen LogP) is 0.718. The summed E-state index contributed by atoms with van der Waals surface area (Å²) in [5.41, 5.74) is 5.53. The first kappa shape index (κ1) is 32.1. The zero-order valence-electron chi connectivity index (χ0n) is 20.3. The van der Waals surface area contributed by atoms with Gasteiger partial charge in [-0.2, -0.15) is 13.2 Å². The molecule has 1 rings (SSSR count). The SMILES string of the molecule is Cc1cc(C)c(C(C)(C)CC(=O)O)c(OC(=O)NCCOCCOCC[NH3+])c1.O=C([O-])C(F)(F)F. The van der Waals surface area contributed by atoms with Gasteiger partial charge in [-0.1, -0.05) is 19.9 Å². The Kier molecular flexibility index (Phi) is 13.9. The smallest absolute Gasteiger partial charge is 0.430 e. The molecule has 1 aromatic carbocycles. The molecule has 0 fully saturated rings. The van der Waals surface area contributed by atoms with Crippen molar-refractivity contribution in [3.63, 3.8) is 0 Å². The highest BCUT2D eigenvalue weighted by molar-refractivity contribution is 5.73. The molecule has 13 heteroatoms. The third-order valence-corrected chi connectivity index (χ3v) is 4.32. The lowest BCUT2D eigenvalue weighted by atomic mass is 9.78. The maximum atomic E-state index is 12.2. The van der Waals surface area contributed by atoms with Gasteiger partial charge in [-0.25, -0.2) is 4.79 Å². The summed E-state index contributed by atoms with van der Waals surface area (Å²) < 4.78 is 47.7. The lowest BCUT2D eigenvalue weighted by Crippen LogP contribution is -2.52. The van der Waals surface area contributed by atoms with Crippen molar-refractivity contribution in [2.24, 2.45) is 0 Å². The van der Waals surface area contributed by atoms with Crippen LogP contribution in [0.1, 0.15) is 37.0 Å². The number of rotatable bonds is 12. The van der Waals surface area contributed by atoms with E-state index < -0.39 is 29.6 Å². The van der Waals surface area contributed by atoms with E-state index in [0.29, 0.717) is 38.7 Å². The molecule has 0 aliphatic heterocycles. The van der Waals surface area contributed by atoms with Crippen molar-refractivity contribution < 1.29 is 57.7 Å². The fourth-order valence-electron chi connectivity index (χ4n) is 3.13. The van der Waals surface area contributed by atoms with E-state index in [2.05, 4.69) is 11.1 Å². The van der Waals surface area contributed by atoms with Gasteiger partial charge in [-0.05, 0) is 31.0 Å². The summed E-state index contributed by atoms with van der Waals surface area (Å²) in [7, 11) is 0. The highest BCUT2D eigenvalue weighted by Crippen LogP contribution is 2.37. The van der Waals surface area contributed by atoms with Crippen molar-refractivity contribution in [2.75, 3.05) is 39.5 Å². The molecule has 0 spiro atoms. The number of nitrogens with one attached hydrogen (secondary N) is 1. The zero-order chi connectivity index (χ0) is 27.2. The van der Waals surface area contributed by atoms with E-state index in [4.69, 9.17) is 24.1 Å². The Hall–Kier alpha value is -2.90. The minimum atomic E-state index is -5.19. The summed E-state index contributed by atoms with van der Waals surface area (Å²) in [6.07, 6.45) is -5.87. The molecule has 0 heterocycles. The second-order valence-electron chi connectivity index (χ2n) is 8.09. The number of alkyl halides is 3. The van der Waals surface area contributed by atoms with Crippen molar-refractivity contribution in [3.8, 4) is 5.75 Å². The Bertz CT molecular complexity index is 845. The fraction of sp³-hybridized carbons (Fsp3) is 0.591. The van der Waals surface area contributed by atoms with E-state index in [0.717, 1.165) is 23.2 Å². The number of carboxylic acids is 2. The van der Waals surface area contributed by atoms with Crippen LogP contribution >= 0.6 is 0 Å². The first-order valence-electron chi connectivity index (χ1n) is 10.6. The van der Waals surface area contributed by atoms with Crippen molar-refractivity contribution in [2.45, 2.75) is 45.7 Å². The first-order valence-corrected chi connectivity index (χ1v) is 10.6. The number of carbonyl (C=O) groups is 3. The maximum Gasteiger partial charge on any atom is 0.430 e. The number of aliphatic carboxylic acids is 2. The molecule has 0 atom stereocenters. The van der Waals surface area contributed by atoms with E-state index >= 15 is 0 Å². The van der Waals surface area contributed by atoms with Crippen molar-refractivity contribution in [3.05, 3.63) is 28.8 Å². The third kappa shape index (κ3) is 13.5. The Morgan fingerprint density at radius 2 is 1.60 bits per heavy atom. The number of halogens is 3. The highest BCUT2D eigenvalue weighted by Gasteiger charge is 2.30. The predicted molar refractivity (Wildman–Crippen MR) is 116 cm³/mol. The number of carbonyl (C=O) groups excluding carboxylic acids is 2. The van der Waals surface area contributed by atoms with Gasteiger partial charge in [0.1, 0.15) is 11.7 Å². The van der Waals surface area contributed by atoms with Crippen LogP contribution in [0.3, 0.4) is 0 Å². The molecule has 5 N–H and O–H groups in total. The van der Waals surface area contributed by atoms with Crippen LogP contribution in [0.25, 0.3) is 0 Å². The standard InChI is InChI=1S/C20H32N2O6.C2HF3O2/c1-14-11-15(2)18(20(3,4)13-17(23)24)16(12-14)28-19(25)22-6-8-27-10-9-26-7-5-21;3-2(4,5)1(6)7/h11-12H,5-10,13,21H2,1-4H3,(H,22,25)(H,23,24);(H,6,7). The first-order chi connectivity index (χ1) is 16.1. The average molecular weight is 511 g/mol. The van der Waals surface area contributed by atoms with Gasteiger partial charge >= 0.3 is 18.2 Å². The van der Waals surface area contributed by atoms with Gasteiger partial charge in [0.25, 0.3) is 0 Å². The molecular formula is C22H33F3N2O8. The highest BCUT2D eigenvalue weighted by atomic mass is 19.4. The van der Waals surface area contributed by atoms with E-state index in [1.807, 2.05) is 33.8 Å². The quantitative estimate of drug-likeness (QED) is 0.347. The molecule has 0 aliphatic carbocycles. The molecule has 1 amide bonds. The lowest BCUT2D eigenvalue weighted by Gasteiger charge is -2.28. The maximum absolute atomic E-state index is 12.2. The number of aryl methyl sites for hydroxylation is 2. The van der Waals surface area contributed by atoms with Crippen LogP contribution < -0.4 is 20.9 Å². The number of hydrogen-bond donors (Lipinski definition) is 3. The van der Waals surface area contributed by atoms with Crippen LogP contribution in [0.2, 0.25) is 0 Å². The summed E-state index contributed by atoms with van der Waals surface area (Å²) >= 11 is 0. The van der Waals surface area contributed by atoms with Gasteiger partial charge in [0.15, 0.2) is 0 Å². The van der Waals surface area contributed by atoms with Crippen molar-refractivity contribution in [1.82, 2.24) is 5.32 Å². The second-order valence-corrected chi connectivity index (χ2v) is 8.09. The van der Waals surface area contributed by atoms with E-state index in [1.165, 1.54) is 0 Å². The Morgan fingerprint density at radius 1 is 1.06 bits per heavy atom. The average Bonchev–Trinajstić information content (AvgIpc) is 2.67. The van der Waals surface area contributed by atoms with E-state index in [1.54, 1.807) is 6.07 Å². The summed E-state index contributed by atoms with van der Waals surface area (Å²) in [6.45, 7) is 10.3. The molecule has 0 saturated heterocycles. The van der Waals surface area contributed by atoms with Crippen LogP contribution in [-0.2, 0) is 24.5 Å². The molecule has 0 radical (unpaired) electrons. The molecular weight excluding hydrogens is 477 g/mol. The molecule has 0 bridgehead atoms. The lowest BCUT2D eigenvalue weighted by molar-refractivity contribution is -0.374. The number of hydrogen-bond acceptors (Lipinski definition) is 7. The summed E-state index contributed by atoms with van der Waals surface area (Å²) in [6, 6.07) is 3.70. The van der Waals surface area contributed by atoms with E-state index in [9.17, 15) is 27.9 Å². The van der Waals surface area contributed by atoms with Crippen molar-refractivity contribution in [1.29, 1.82) is 0 Å². The number of ether oxygens (including phenoxy) is 3. The van der Waals surface area contributed by atoms with Crippen LogP contribution in [0.15, 0.2) is 12.1 Å². The molecule has 200 valence electrons. The summed E-state index contributed by atoms with van der Waals surface area (Å²) in [4.78, 5) is 32.2. The molecule has 0 aromatic heterocycles. The molecule has 0 aliphatic rings. The van der Waals surface area contributed by atoms with Gasteiger partial charge in [0, 0.05) is 17.5 Å². The van der Waals surface area contributed by atoms with Gasteiger partial charge < -0.3 is 40.3 Å². The number of carboxylic acid groups (broad SMARTS) is 2. The minimum Gasteiger partial charge on any atom is -0.542 e. The van der Waals surface area contributed by atoms with Crippen LogP contribution in [0.4, 0.5) is 18.0 Å². The zero-order valence-corrected chi connectivity index (χ0v) is 20.3. The van der Waals surface area contributed by atoms with Crippen LogP contribution in [0, 0.1) is 13.8 Å². The Balaban J connectivity index is 0.00000143. The van der Waals surface area contributed by atoms with Gasteiger partial charge in [-0.15, -0.1) is 0 Å². The fourth-order valence-corrected chi connectivity index (χ4v) is 3.13. The van der Waals surface area contributed by atoms with E-state index in [-0.39, 0.29) is 6.42 Å². The van der Waals surface area contributed by atoms with Crippen LogP contribution in [0.5, 0.6) is 5.75 Å². The number of benzene rings is 1. The van der Waals surface area contributed by atoms with Gasteiger partial charge in [-0.3, -0.25) is 4.79 Å². The van der Waals surface area contributed by atoms with Gasteiger partial charge in [0.05, 0.1) is 39.4 Å². The molecule has 0 unspecified atom stereocenters. The van der Waals surface area contributed by atoms with Crippen molar-refractivity contribution >= 4 is 18.0 Å². The van der Waals surface area contributed by atoms with Gasteiger partial charge in [0.2, 0.25) is 0 Å². The minimum absolute atomic E-state index is 0.0706. The molecule has 1 aromatic rings. The second kappa shape index (κ2) is 15.2. The molecule has 10 nitrogen and oxygen atoms in total. The Morgan fingerprint density at radius 3 is 2.09 bits per heavy atom. The number of amides is 1. The number of quaternary nitrogens is 1. The summed E-state index contributed by atoms with van der Waals surface area (Å²) in [5.74, 6) is -3.53. The third-order valence-electron chi connectivity index (χ3n) is 4.32. The van der Waals surface area contributed by atoms with Crippen LogP contribution in [-0.4, -0.2) is 68.8 Å². The topological polar surface area (TPSA) is 162 Å². The normalized spacial score (nSPS) is 11.3. The molecule has 35 heavy (non-hydrogen) atoms. The largest absolute Gasteiger partial charge is 0.542 e. The molecule has 0 saturated carbocycles.